The molecular weight excluding hydrogens is 478 g/mol. The van der Waals surface area contributed by atoms with Gasteiger partial charge in [-0.1, -0.05) is 57.4 Å². The fourth-order valence-corrected chi connectivity index (χ4v) is 4.60. The number of carboxylic acids is 1. The lowest BCUT2D eigenvalue weighted by Crippen LogP contribution is -2.47. The molecule has 0 unspecified atom stereocenters. The van der Waals surface area contributed by atoms with E-state index in [-0.39, 0.29) is 18.3 Å². The quantitative estimate of drug-likeness (QED) is 0.0933. The Kier molecular flexibility index (Phi) is 9.46. The third-order valence-electron chi connectivity index (χ3n) is 7.01. The molecule has 0 radical (unpaired) electrons. The van der Waals surface area contributed by atoms with Crippen molar-refractivity contribution in [1.82, 2.24) is 15.7 Å². The van der Waals surface area contributed by atoms with Gasteiger partial charge < -0.3 is 20.2 Å². The van der Waals surface area contributed by atoms with Crippen molar-refractivity contribution in [1.29, 1.82) is 0 Å². The number of carbonyl (C=O) groups is 4. The van der Waals surface area contributed by atoms with Gasteiger partial charge in [-0.15, -0.1) is 0 Å². The molecular formula is C27H35N3O7. The van der Waals surface area contributed by atoms with Crippen LogP contribution >= 0.6 is 0 Å². The Morgan fingerprint density at radius 1 is 1.08 bits per heavy atom. The van der Waals surface area contributed by atoms with E-state index < -0.39 is 29.3 Å². The van der Waals surface area contributed by atoms with Crippen molar-refractivity contribution in [2.24, 2.45) is 5.92 Å². The summed E-state index contributed by atoms with van der Waals surface area (Å²) in [6.07, 6.45) is 5.12. The smallest absolute Gasteiger partial charge is 0.314 e. The first-order valence-corrected chi connectivity index (χ1v) is 12.7. The van der Waals surface area contributed by atoms with Crippen LogP contribution in [-0.2, 0) is 19.8 Å². The number of benzene rings is 1. The Morgan fingerprint density at radius 2 is 1.78 bits per heavy atom. The first kappa shape index (κ1) is 27.9. The van der Waals surface area contributed by atoms with Gasteiger partial charge in [0.25, 0.3) is 5.91 Å². The second-order valence-electron chi connectivity index (χ2n) is 9.42. The molecule has 1 aromatic heterocycles. The van der Waals surface area contributed by atoms with Gasteiger partial charge in [-0.2, -0.15) is 0 Å². The Hall–Kier alpha value is -3.66. The molecule has 1 saturated carbocycles. The molecule has 1 heterocycles. The highest BCUT2D eigenvalue weighted by molar-refractivity contribution is 5.92. The number of aliphatic carboxylic acids is 1. The number of carboxylic acid groups (broad SMARTS) is 1. The number of carbonyl (C=O) groups excluding carboxylic acids is 3. The molecule has 0 spiro atoms. The number of nitrogens with zero attached hydrogens (tertiary/aromatic N) is 1. The Balaban J connectivity index is 1.57. The largest absolute Gasteiger partial charge is 0.481 e. The molecule has 1 aliphatic rings. The molecule has 3 amide bonds. The summed E-state index contributed by atoms with van der Waals surface area (Å²) in [4.78, 5) is 48.0. The molecule has 0 saturated heterocycles. The fourth-order valence-electron chi connectivity index (χ4n) is 4.60. The monoisotopic (exact) mass is 513 g/mol. The Labute approximate surface area is 216 Å². The highest BCUT2D eigenvalue weighted by Gasteiger charge is 2.51. The third kappa shape index (κ3) is 6.56. The average Bonchev–Trinajstić information content (AvgIpc) is 3.57. The predicted octanol–water partition coefficient (Wildman–Crippen LogP) is 3.69. The molecule has 200 valence electrons. The number of hydroxylamine groups is 2. The number of hydrogen-bond acceptors (Lipinski definition) is 6. The van der Waals surface area contributed by atoms with Crippen LogP contribution in [0.25, 0.3) is 11.3 Å². The highest BCUT2D eigenvalue weighted by atomic mass is 16.5. The molecule has 10 heteroatoms. The van der Waals surface area contributed by atoms with E-state index in [2.05, 4.69) is 10.6 Å². The van der Waals surface area contributed by atoms with E-state index in [1.807, 2.05) is 6.92 Å². The lowest BCUT2D eigenvalue weighted by molar-refractivity contribution is -0.168. The molecule has 2 aromatic rings. The van der Waals surface area contributed by atoms with Crippen LogP contribution in [0.15, 0.2) is 40.8 Å². The van der Waals surface area contributed by atoms with Crippen molar-refractivity contribution in [2.45, 2.75) is 70.3 Å². The second-order valence-corrected chi connectivity index (χ2v) is 9.42. The molecule has 1 aromatic carbocycles. The molecule has 0 aliphatic heterocycles. The summed E-state index contributed by atoms with van der Waals surface area (Å²) in [5, 5.41) is 25.2. The number of unbranched alkanes of at least 4 members (excludes halogenated alkanes) is 2. The third-order valence-corrected chi connectivity index (χ3v) is 7.01. The van der Waals surface area contributed by atoms with Gasteiger partial charge >= 0.3 is 5.97 Å². The number of nitrogens with one attached hydrogen (secondary N) is 2. The maximum atomic E-state index is 12.8. The second kappa shape index (κ2) is 12.5. The Morgan fingerprint density at radius 3 is 2.35 bits per heavy atom. The fraction of sp³-hybridized carbons (Fsp3) is 0.481. The summed E-state index contributed by atoms with van der Waals surface area (Å²) in [5.41, 5.74) is 0.674. The minimum atomic E-state index is -0.820. The highest BCUT2D eigenvalue weighted by Crippen LogP contribution is 2.48. The van der Waals surface area contributed by atoms with E-state index in [1.54, 1.807) is 37.3 Å². The zero-order chi connectivity index (χ0) is 27.0. The summed E-state index contributed by atoms with van der Waals surface area (Å²) in [6.45, 7) is 3.69. The van der Waals surface area contributed by atoms with Gasteiger partial charge in [0, 0.05) is 5.56 Å². The van der Waals surface area contributed by atoms with Gasteiger partial charge in [0.2, 0.25) is 12.3 Å². The summed E-state index contributed by atoms with van der Waals surface area (Å²) < 4.78 is 5.67. The molecule has 1 fully saturated rings. The van der Waals surface area contributed by atoms with Crippen molar-refractivity contribution in [3.63, 3.8) is 0 Å². The van der Waals surface area contributed by atoms with Crippen LogP contribution in [-0.4, -0.2) is 52.3 Å². The minimum Gasteiger partial charge on any atom is -0.481 e. The Bertz CT molecular complexity index is 1090. The lowest BCUT2D eigenvalue weighted by atomic mass is 9.90. The molecule has 2 atom stereocenters. The van der Waals surface area contributed by atoms with E-state index in [4.69, 9.17) is 4.42 Å². The van der Waals surface area contributed by atoms with Gasteiger partial charge in [0.05, 0.1) is 24.0 Å². The topological polar surface area (TPSA) is 149 Å². The molecule has 37 heavy (non-hydrogen) atoms. The van der Waals surface area contributed by atoms with Crippen molar-refractivity contribution in [2.75, 3.05) is 6.67 Å². The van der Waals surface area contributed by atoms with Crippen LogP contribution < -0.4 is 10.6 Å². The number of hydrogen-bond donors (Lipinski definition) is 4. The predicted molar refractivity (Wildman–Crippen MR) is 135 cm³/mol. The van der Waals surface area contributed by atoms with E-state index in [9.17, 15) is 29.5 Å². The van der Waals surface area contributed by atoms with E-state index in [1.165, 1.54) is 6.07 Å². The van der Waals surface area contributed by atoms with Crippen LogP contribution in [0.4, 0.5) is 0 Å². The first-order valence-electron chi connectivity index (χ1n) is 12.7. The first-order chi connectivity index (χ1) is 17.8. The molecule has 4 N–H and O–H groups in total. The van der Waals surface area contributed by atoms with E-state index in [0.29, 0.717) is 48.5 Å². The minimum absolute atomic E-state index is 0.0611. The number of rotatable bonds is 15. The van der Waals surface area contributed by atoms with Crippen LogP contribution in [0, 0.1) is 5.92 Å². The zero-order valence-electron chi connectivity index (χ0n) is 21.2. The normalized spacial score (nSPS) is 15.3. The van der Waals surface area contributed by atoms with Crippen LogP contribution in [0.5, 0.6) is 0 Å². The van der Waals surface area contributed by atoms with Gasteiger partial charge in [-0.3, -0.25) is 24.4 Å². The van der Waals surface area contributed by atoms with Gasteiger partial charge in [-0.05, 0) is 43.4 Å². The summed E-state index contributed by atoms with van der Waals surface area (Å²) in [7, 11) is 0. The summed E-state index contributed by atoms with van der Waals surface area (Å²) in [5.74, 6) is -1.79. The maximum Gasteiger partial charge on any atom is 0.314 e. The van der Waals surface area contributed by atoms with Crippen LogP contribution in [0.3, 0.4) is 0 Å². The lowest BCUT2D eigenvalue weighted by Gasteiger charge is -2.29. The maximum absolute atomic E-state index is 12.8. The molecule has 0 bridgehead atoms. The van der Waals surface area contributed by atoms with Gasteiger partial charge in [-0.25, -0.2) is 5.06 Å². The SMILES string of the molecule is CCCCC[C@@H](C(=O)NCNC(=O)c1ccc(-c2ccc(C3(C(=O)O)CC3)cc2)o1)[C@@H](CC)N(O)C=O. The average molecular weight is 514 g/mol. The van der Waals surface area contributed by atoms with Crippen molar-refractivity contribution in [3.8, 4) is 11.3 Å². The molecule has 10 nitrogen and oxygen atoms in total. The van der Waals surface area contributed by atoms with E-state index in [0.717, 1.165) is 24.8 Å². The van der Waals surface area contributed by atoms with Crippen molar-refractivity contribution < 1.29 is 33.9 Å². The van der Waals surface area contributed by atoms with Gasteiger partial charge in [0.1, 0.15) is 5.76 Å². The standard InChI is InChI=1S/C27H35N3O7/c1-3-5-6-7-20(21(4-2)30(36)17-31)24(32)28-16-29-25(33)23-13-12-22(37-23)18-8-10-19(11-9-18)27(14-15-27)26(34)35/h8-13,17,20-21,36H,3-7,14-16H2,1-2H3,(H,28,32)(H,29,33)(H,34,35)/t20-,21-/m1/s1. The molecule has 1 aliphatic carbocycles. The molecule has 3 rings (SSSR count). The van der Waals surface area contributed by atoms with Crippen LogP contribution in [0.2, 0.25) is 0 Å². The number of amides is 3. The zero-order valence-corrected chi connectivity index (χ0v) is 21.2. The summed E-state index contributed by atoms with van der Waals surface area (Å²) >= 11 is 0. The van der Waals surface area contributed by atoms with Crippen molar-refractivity contribution in [3.05, 3.63) is 47.7 Å². The van der Waals surface area contributed by atoms with Crippen LogP contribution in [0.1, 0.15) is 74.9 Å². The van der Waals surface area contributed by atoms with E-state index >= 15 is 0 Å². The summed E-state index contributed by atoms with van der Waals surface area (Å²) in [6, 6.07) is 9.59. The van der Waals surface area contributed by atoms with Crippen molar-refractivity contribution >= 4 is 24.2 Å². The van der Waals surface area contributed by atoms with Gasteiger partial charge in [0.15, 0.2) is 5.76 Å². The number of furan rings is 1.